The maximum atomic E-state index is 13.3. The fourth-order valence-electron chi connectivity index (χ4n) is 3.51. The molecule has 1 saturated carbocycles. The third-order valence-electron chi connectivity index (χ3n) is 4.85. The van der Waals surface area contributed by atoms with Gasteiger partial charge in [-0.3, -0.25) is 4.79 Å². The van der Waals surface area contributed by atoms with Crippen LogP contribution in [0.3, 0.4) is 0 Å². The first-order valence-electron chi connectivity index (χ1n) is 7.96. The van der Waals surface area contributed by atoms with Crippen molar-refractivity contribution < 1.29 is 26.4 Å². The van der Waals surface area contributed by atoms with E-state index in [2.05, 4.69) is 0 Å². The zero-order chi connectivity index (χ0) is 18.4. The molecule has 1 aliphatic carbocycles. The summed E-state index contributed by atoms with van der Waals surface area (Å²) in [5, 5.41) is -1.03. The van der Waals surface area contributed by atoms with Crippen LogP contribution in [-0.4, -0.2) is 43.5 Å². The third kappa shape index (κ3) is 3.65. The number of hydrogen-bond donors (Lipinski definition) is 0. The first-order chi connectivity index (χ1) is 11.6. The van der Waals surface area contributed by atoms with Crippen LogP contribution in [0.2, 0.25) is 5.02 Å². The second-order valence-corrected chi connectivity index (χ2v) is 9.22. The van der Waals surface area contributed by atoms with Crippen LogP contribution in [-0.2, 0) is 14.6 Å². The molecule has 2 atom stereocenters. The normalized spacial score (nSPS) is 26.2. The Balaban J connectivity index is 1.73. The molecular weight excluding hydrogens is 379 g/mol. The molecule has 0 unspecified atom stereocenters. The highest BCUT2D eigenvalue weighted by molar-refractivity contribution is 7.92. The molecular formula is C16H17ClF3NO3S. The minimum atomic E-state index is -3.82. The van der Waals surface area contributed by atoms with Gasteiger partial charge in [-0.15, -0.1) is 0 Å². The number of benzene rings is 1. The number of carbonyl (C=O) groups is 1. The highest BCUT2D eigenvalue weighted by Gasteiger charge is 2.45. The van der Waals surface area contributed by atoms with E-state index in [9.17, 15) is 26.4 Å². The molecule has 2 fully saturated rings. The summed E-state index contributed by atoms with van der Waals surface area (Å²) in [4.78, 5) is 13.3. The van der Waals surface area contributed by atoms with Gasteiger partial charge in [-0.2, -0.15) is 0 Å². The molecule has 1 amide bonds. The van der Waals surface area contributed by atoms with Gasteiger partial charge >= 0.3 is 0 Å². The summed E-state index contributed by atoms with van der Waals surface area (Å²) in [5.41, 5.74) is 0. The molecule has 1 aliphatic heterocycles. The number of alkyl halides is 2. The second-order valence-electron chi connectivity index (χ2n) is 6.62. The number of nitrogens with zero attached hydrogens (tertiary/aromatic N) is 1. The van der Waals surface area contributed by atoms with E-state index in [-0.39, 0.29) is 35.7 Å². The number of carbonyl (C=O) groups excluding carboxylic acids is 1. The quantitative estimate of drug-likeness (QED) is 0.738. The molecule has 3 rings (SSSR count). The molecule has 1 heterocycles. The van der Waals surface area contributed by atoms with E-state index >= 15 is 0 Å². The Morgan fingerprint density at radius 2 is 2.00 bits per heavy atom. The van der Waals surface area contributed by atoms with E-state index in [1.165, 1.54) is 0 Å². The average Bonchev–Trinajstić information content (AvgIpc) is 3.13. The monoisotopic (exact) mass is 395 g/mol. The van der Waals surface area contributed by atoms with Crippen molar-refractivity contribution >= 4 is 27.3 Å². The van der Waals surface area contributed by atoms with Gasteiger partial charge in [0.1, 0.15) is 5.82 Å². The zero-order valence-electron chi connectivity index (χ0n) is 13.2. The molecule has 0 bridgehead atoms. The van der Waals surface area contributed by atoms with Gasteiger partial charge in [-0.05, 0) is 37.5 Å². The lowest BCUT2D eigenvalue weighted by molar-refractivity contribution is -0.135. The maximum Gasteiger partial charge on any atom is 0.267 e. The van der Waals surface area contributed by atoms with E-state index < -0.39 is 45.2 Å². The van der Waals surface area contributed by atoms with Gasteiger partial charge in [-0.1, -0.05) is 11.6 Å². The molecule has 0 radical (unpaired) electrons. The number of sulfone groups is 1. The van der Waals surface area contributed by atoms with Crippen molar-refractivity contribution in [1.82, 2.24) is 4.90 Å². The lowest BCUT2D eigenvalue weighted by Gasteiger charge is -2.20. The fraction of sp³-hybridized carbons (Fsp3) is 0.562. The van der Waals surface area contributed by atoms with E-state index in [4.69, 9.17) is 11.6 Å². The number of amides is 1. The van der Waals surface area contributed by atoms with Gasteiger partial charge in [-0.25, -0.2) is 21.6 Å². The Kier molecular flexibility index (Phi) is 4.79. The predicted octanol–water partition coefficient (Wildman–Crippen LogP) is 3.29. The Labute approximate surface area is 148 Å². The van der Waals surface area contributed by atoms with Crippen molar-refractivity contribution in [1.29, 1.82) is 0 Å². The van der Waals surface area contributed by atoms with E-state index in [1.807, 2.05) is 0 Å². The summed E-state index contributed by atoms with van der Waals surface area (Å²) >= 11 is 5.85. The molecule has 2 aliphatic rings. The first-order valence-corrected chi connectivity index (χ1v) is 9.88. The van der Waals surface area contributed by atoms with Crippen molar-refractivity contribution in [3.8, 4) is 0 Å². The van der Waals surface area contributed by atoms with Crippen molar-refractivity contribution in [3.05, 3.63) is 29.0 Å². The Hall–Kier alpha value is -1.28. The van der Waals surface area contributed by atoms with Crippen LogP contribution in [0.25, 0.3) is 0 Å². The Morgan fingerprint density at radius 1 is 1.28 bits per heavy atom. The minimum absolute atomic E-state index is 0.0104. The van der Waals surface area contributed by atoms with Gasteiger partial charge in [0.15, 0.2) is 9.84 Å². The molecule has 4 nitrogen and oxygen atoms in total. The predicted molar refractivity (Wildman–Crippen MR) is 85.9 cm³/mol. The molecule has 1 aromatic rings. The molecule has 138 valence electrons. The van der Waals surface area contributed by atoms with Crippen molar-refractivity contribution in [2.75, 3.05) is 13.1 Å². The summed E-state index contributed by atoms with van der Waals surface area (Å²) in [6.07, 6.45) is 0.273. The lowest BCUT2D eigenvalue weighted by Crippen LogP contribution is -2.35. The van der Waals surface area contributed by atoms with Gasteiger partial charge in [0.2, 0.25) is 5.91 Å². The topological polar surface area (TPSA) is 54.5 Å². The van der Waals surface area contributed by atoms with Crippen molar-refractivity contribution in [3.63, 3.8) is 0 Å². The molecule has 0 aromatic heterocycles. The van der Waals surface area contributed by atoms with Crippen LogP contribution >= 0.6 is 11.6 Å². The van der Waals surface area contributed by atoms with Crippen LogP contribution in [0.4, 0.5) is 13.2 Å². The highest BCUT2D eigenvalue weighted by atomic mass is 35.5. The lowest BCUT2D eigenvalue weighted by atomic mass is 10.1. The second kappa shape index (κ2) is 6.46. The van der Waals surface area contributed by atoms with Gasteiger partial charge in [0, 0.05) is 18.9 Å². The van der Waals surface area contributed by atoms with E-state index in [0.29, 0.717) is 6.42 Å². The van der Waals surface area contributed by atoms with Crippen molar-refractivity contribution in [2.24, 2.45) is 5.92 Å². The van der Waals surface area contributed by atoms with Crippen LogP contribution in [0.15, 0.2) is 23.1 Å². The zero-order valence-corrected chi connectivity index (χ0v) is 14.8. The molecule has 9 heteroatoms. The van der Waals surface area contributed by atoms with E-state index in [1.54, 1.807) is 0 Å². The summed E-state index contributed by atoms with van der Waals surface area (Å²) in [6, 6.07) is 3.06. The van der Waals surface area contributed by atoms with Gasteiger partial charge in [0.25, 0.3) is 5.92 Å². The molecule has 0 spiro atoms. The van der Waals surface area contributed by atoms with E-state index in [0.717, 1.165) is 23.1 Å². The smallest absolute Gasteiger partial charge is 0.267 e. The summed E-state index contributed by atoms with van der Waals surface area (Å²) in [6.45, 7) is -0.618. The van der Waals surface area contributed by atoms with Crippen LogP contribution < -0.4 is 0 Å². The largest absolute Gasteiger partial charge is 0.336 e. The number of halogens is 4. The number of likely N-dealkylation sites (tertiary alicyclic amines) is 1. The summed E-state index contributed by atoms with van der Waals surface area (Å²) < 4.78 is 65.1. The number of hydrogen-bond acceptors (Lipinski definition) is 3. The Morgan fingerprint density at radius 3 is 2.60 bits per heavy atom. The average molecular weight is 396 g/mol. The molecule has 1 aromatic carbocycles. The third-order valence-corrected chi connectivity index (χ3v) is 7.55. The van der Waals surface area contributed by atoms with Crippen LogP contribution in [0.5, 0.6) is 0 Å². The number of rotatable bonds is 3. The minimum Gasteiger partial charge on any atom is -0.336 e. The molecule has 0 N–H and O–H groups in total. The summed E-state index contributed by atoms with van der Waals surface area (Å²) in [5.74, 6) is -4.52. The molecule has 25 heavy (non-hydrogen) atoms. The standard InChI is InChI=1S/C16H17ClF3NO3S/c17-13-8-11(18)2-4-14(13)25(23,24)12-3-1-10(7-12)15(22)21-6-5-16(19,20)9-21/h2,4,8,10,12H,1,3,5-7,9H2/t10-,12-/m1/s1. The van der Waals surface area contributed by atoms with Gasteiger partial charge < -0.3 is 4.90 Å². The summed E-state index contributed by atoms with van der Waals surface area (Å²) in [7, 11) is -3.82. The Bertz CT molecular complexity index is 800. The SMILES string of the molecule is O=C([C@@H]1CC[C@@H](S(=O)(=O)c2ccc(F)cc2Cl)C1)N1CCC(F)(F)C1. The maximum absolute atomic E-state index is 13.3. The van der Waals surface area contributed by atoms with Gasteiger partial charge in [0.05, 0.1) is 21.7 Å². The fourth-order valence-corrected chi connectivity index (χ4v) is 5.88. The first kappa shape index (κ1) is 18.5. The molecule has 1 saturated heterocycles. The van der Waals surface area contributed by atoms with Crippen molar-refractivity contribution in [2.45, 2.75) is 41.8 Å². The van der Waals surface area contributed by atoms with Crippen LogP contribution in [0.1, 0.15) is 25.7 Å². The highest BCUT2D eigenvalue weighted by Crippen LogP contribution is 2.38. The van der Waals surface area contributed by atoms with Crippen LogP contribution in [0, 0.1) is 11.7 Å².